The maximum absolute atomic E-state index is 10.7. The maximum atomic E-state index is 10.7. The Kier molecular flexibility index (Phi) is 8.20. The minimum absolute atomic E-state index is 0. The predicted molar refractivity (Wildman–Crippen MR) is 54.7 cm³/mol. The first-order chi connectivity index (χ1) is 5.52. The molecule has 0 aromatic carbocycles. The molecule has 0 spiro atoms. The third-order valence-corrected chi connectivity index (χ3v) is 3.00. The fourth-order valence-corrected chi connectivity index (χ4v) is 1.85. The molecule has 13 heavy (non-hydrogen) atoms. The van der Waals surface area contributed by atoms with Crippen LogP contribution in [0.5, 0.6) is 0 Å². The normalized spacial score (nSPS) is 13.1. The topological polar surface area (TPSA) is 89.4 Å². The molecule has 0 saturated carbocycles. The van der Waals surface area contributed by atoms with Crippen LogP contribution in [0, 0.1) is 0 Å². The molecule has 0 heterocycles. The third kappa shape index (κ3) is 6.74. The molecule has 0 aromatic heterocycles. The van der Waals surface area contributed by atoms with Crippen molar-refractivity contribution in [2.24, 2.45) is 0 Å². The molecule has 0 aliphatic carbocycles. The first kappa shape index (κ1) is 15.1. The maximum Gasteiger partial charge on any atom is 0.268 e. The summed E-state index contributed by atoms with van der Waals surface area (Å²) in [6.45, 7) is 5.43. The fraction of sp³-hybridized carbons (Fsp3) is 0.750. The van der Waals surface area contributed by atoms with Crippen molar-refractivity contribution in [2.45, 2.75) is 37.9 Å². The summed E-state index contributed by atoms with van der Waals surface area (Å²) < 4.78 is 30.2. The number of rotatable bonds is 6. The zero-order valence-corrected chi connectivity index (χ0v) is 8.89. The molecule has 1 atom stereocenters. The largest absolute Gasteiger partial charge is 0.344 e. The van der Waals surface area contributed by atoms with Crippen LogP contribution < -0.4 is 6.15 Å². The molecule has 4 nitrogen and oxygen atoms in total. The van der Waals surface area contributed by atoms with E-state index in [-0.39, 0.29) is 6.15 Å². The molecule has 0 rings (SSSR count). The van der Waals surface area contributed by atoms with Gasteiger partial charge in [-0.3, -0.25) is 4.55 Å². The third-order valence-electron chi connectivity index (χ3n) is 1.73. The summed E-state index contributed by atoms with van der Waals surface area (Å²) in [6, 6.07) is 0. The number of hydrogen-bond acceptors (Lipinski definition) is 3. The predicted octanol–water partition coefficient (Wildman–Crippen LogP) is 2.17. The van der Waals surface area contributed by atoms with Crippen LogP contribution in [0.4, 0.5) is 0 Å². The standard InChI is InChI=1S/C8H16O3S.H3N/c1-3-5-7-8(6-4-2)12(9,10)11;/h4,8H,2-3,5-7H2,1H3,(H,9,10,11);1H3. The second kappa shape index (κ2) is 7.06. The summed E-state index contributed by atoms with van der Waals surface area (Å²) in [5.41, 5.74) is 0. The number of unbranched alkanes of at least 4 members (excludes halogenated alkanes) is 1. The van der Waals surface area contributed by atoms with Crippen LogP contribution in [0.25, 0.3) is 0 Å². The fourth-order valence-electron chi connectivity index (χ4n) is 1.01. The Morgan fingerprint density at radius 3 is 2.38 bits per heavy atom. The van der Waals surface area contributed by atoms with Gasteiger partial charge in [-0.2, -0.15) is 8.42 Å². The first-order valence-corrected chi connectivity index (χ1v) is 5.59. The van der Waals surface area contributed by atoms with E-state index in [2.05, 4.69) is 6.58 Å². The summed E-state index contributed by atoms with van der Waals surface area (Å²) in [4.78, 5) is 0. The molecule has 80 valence electrons. The highest BCUT2D eigenvalue weighted by molar-refractivity contribution is 7.86. The summed E-state index contributed by atoms with van der Waals surface area (Å²) in [6.07, 6.45) is 4.12. The van der Waals surface area contributed by atoms with Gasteiger partial charge < -0.3 is 6.15 Å². The highest BCUT2D eigenvalue weighted by Gasteiger charge is 2.20. The lowest BCUT2D eigenvalue weighted by atomic mass is 10.1. The number of allylic oxidation sites excluding steroid dienone is 1. The van der Waals surface area contributed by atoms with Crippen molar-refractivity contribution in [1.82, 2.24) is 6.15 Å². The average Bonchev–Trinajstić information content (AvgIpc) is 1.95. The lowest BCUT2D eigenvalue weighted by Gasteiger charge is -2.09. The summed E-state index contributed by atoms with van der Waals surface area (Å²) in [5.74, 6) is 0. The molecule has 0 radical (unpaired) electrons. The molecule has 0 aromatic rings. The van der Waals surface area contributed by atoms with Gasteiger partial charge in [0, 0.05) is 0 Å². The molecule has 0 bridgehead atoms. The van der Waals surface area contributed by atoms with Crippen molar-refractivity contribution in [2.75, 3.05) is 0 Å². The Labute approximate surface area is 80.4 Å². The van der Waals surface area contributed by atoms with Crippen LogP contribution in [0.2, 0.25) is 0 Å². The molecule has 1 unspecified atom stereocenters. The van der Waals surface area contributed by atoms with Crippen LogP contribution >= 0.6 is 0 Å². The van der Waals surface area contributed by atoms with E-state index < -0.39 is 15.4 Å². The molecule has 0 aliphatic heterocycles. The van der Waals surface area contributed by atoms with Crippen LogP contribution in [0.15, 0.2) is 12.7 Å². The van der Waals surface area contributed by atoms with Crippen LogP contribution in [-0.4, -0.2) is 18.2 Å². The molecule has 5 heteroatoms. The van der Waals surface area contributed by atoms with Gasteiger partial charge in [-0.15, -0.1) is 6.58 Å². The first-order valence-electron chi connectivity index (χ1n) is 4.09. The van der Waals surface area contributed by atoms with Crippen molar-refractivity contribution in [3.63, 3.8) is 0 Å². The molecular formula is C8H19NO3S. The molecule has 0 aliphatic rings. The van der Waals surface area contributed by atoms with Gasteiger partial charge in [-0.1, -0.05) is 25.8 Å². The lowest BCUT2D eigenvalue weighted by Crippen LogP contribution is -2.19. The zero-order valence-electron chi connectivity index (χ0n) is 8.07. The van der Waals surface area contributed by atoms with E-state index in [1.54, 1.807) is 0 Å². The summed E-state index contributed by atoms with van der Waals surface area (Å²) in [7, 11) is -3.87. The Hall–Kier alpha value is -0.390. The van der Waals surface area contributed by atoms with Crippen LogP contribution in [0.3, 0.4) is 0 Å². The molecule has 0 fully saturated rings. The van der Waals surface area contributed by atoms with Gasteiger partial charge in [0.2, 0.25) is 0 Å². The van der Waals surface area contributed by atoms with Gasteiger partial charge >= 0.3 is 0 Å². The van der Waals surface area contributed by atoms with Crippen molar-refractivity contribution in [1.29, 1.82) is 0 Å². The second-order valence-corrected chi connectivity index (χ2v) is 4.50. The van der Waals surface area contributed by atoms with Crippen LogP contribution in [-0.2, 0) is 10.1 Å². The summed E-state index contributed by atoms with van der Waals surface area (Å²) >= 11 is 0. The van der Waals surface area contributed by atoms with Crippen molar-refractivity contribution < 1.29 is 13.0 Å². The van der Waals surface area contributed by atoms with Crippen molar-refractivity contribution in [3.05, 3.63) is 12.7 Å². The Morgan fingerprint density at radius 2 is 2.08 bits per heavy atom. The van der Waals surface area contributed by atoms with Gasteiger partial charge in [0.1, 0.15) is 0 Å². The van der Waals surface area contributed by atoms with E-state index in [9.17, 15) is 8.42 Å². The average molecular weight is 209 g/mol. The zero-order chi connectivity index (χ0) is 9.61. The SMILES string of the molecule is C=CCC(CCCC)S(=O)(=O)O.N. The number of hydrogen-bond donors (Lipinski definition) is 2. The van der Waals surface area contributed by atoms with Crippen LogP contribution in [0.1, 0.15) is 32.6 Å². The van der Waals surface area contributed by atoms with E-state index in [4.69, 9.17) is 4.55 Å². The minimum Gasteiger partial charge on any atom is -0.344 e. The van der Waals surface area contributed by atoms with Gasteiger partial charge in [-0.25, -0.2) is 0 Å². The van der Waals surface area contributed by atoms with E-state index in [1.165, 1.54) is 6.08 Å². The highest BCUT2D eigenvalue weighted by atomic mass is 32.2. The minimum atomic E-state index is -3.87. The van der Waals surface area contributed by atoms with Crippen molar-refractivity contribution >= 4 is 10.1 Å². The highest BCUT2D eigenvalue weighted by Crippen LogP contribution is 2.12. The van der Waals surface area contributed by atoms with E-state index in [1.807, 2.05) is 6.92 Å². The molecule has 4 N–H and O–H groups in total. The van der Waals surface area contributed by atoms with Gasteiger partial charge in [0.15, 0.2) is 0 Å². The van der Waals surface area contributed by atoms with Gasteiger partial charge in [0.05, 0.1) is 5.25 Å². The molecular weight excluding hydrogens is 190 g/mol. The molecule has 0 saturated heterocycles. The summed E-state index contributed by atoms with van der Waals surface area (Å²) in [5, 5.41) is -0.657. The Balaban J connectivity index is 0. The van der Waals surface area contributed by atoms with E-state index in [0.717, 1.165) is 12.8 Å². The monoisotopic (exact) mass is 209 g/mol. The Bertz CT molecular complexity index is 224. The van der Waals surface area contributed by atoms with Gasteiger partial charge in [0.25, 0.3) is 10.1 Å². The lowest BCUT2D eigenvalue weighted by molar-refractivity contribution is 0.459. The smallest absolute Gasteiger partial charge is 0.268 e. The van der Waals surface area contributed by atoms with Gasteiger partial charge in [-0.05, 0) is 12.8 Å². The Morgan fingerprint density at radius 1 is 1.54 bits per heavy atom. The quantitative estimate of drug-likeness (QED) is 0.518. The van der Waals surface area contributed by atoms with E-state index >= 15 is 0 Å². The second-order valence-electron chi connectivity index (χ2n) is 2.80. The van der Waals surface area contributed by atoms with Crippen molar-refractivity contribution in [3.8, 4) is 0 Å². The molecule has 0 amide bonds. The van der Waals surface area contributed by atoms with E-state index in [0.29, 0.717) is 12.8 Å².